The van der Waals surface area contributed by atoms with E-state index >= 15 is 0 Å². The van der Waals surface area contributed by atoms with Crippen LogP contribution < -0.4 is 0 Å². The fourth-order valence-electron chi connectivity index (χ4n) is 1.92. The molecule has 100 valence electrons. The minimum atomic E-state index is -0.951. The highest BCUT2D eigenvalue weighted by Crippen LogP contribution is 2.21. The molecule has 2 rings (SSSR count). The molecule has 0 radical (unpaired) electrons. The largest absolute Gasteiger partial charge is 0.478 e. The van der Waals surface area contributed by atoms with Gasteiger partial charge in [0, 0.05) is 30.6 Å². The van der Waals surface area contributed by atoms with Crippen LogP contribution in [0.5, 0.6) is 0 Å². The summed E-state index contributed by atoms with van der Waals surface area (Å²) in [6.07, 6.45) is 2.38. The number of nitriles is 1. The maximum atomic E-state index is 10.5. The average molecular weight is 278 g/mol. The van der Waals surface area contributed by atoms with Gasteiger partial charge in [0.15, 0.2) is 6.10 Å². The van der Waals surface area contributed by atoms with Gasteiger partial charge >= 0.3 is 5.97 Å². The van der Waals surface area contributed by atoms with Gasteiger partial charge in [-0.2, -0.15) is 5.26 Å². The van der Waals surface area contributed by atoms with Gasteiger partial charge in [0.25, 0.3) is 0 Å². The molecule has 0 aliphatic carbocycles. The molecule has 0 aromatic carbocycles. The number of ether oxygens (including phenoxy) is 1. The highest BCUT2D eigenvalue weighted by Gasteiger charge is 2.20. The van der Waals surface area contributed by atoms with Gasteiger partial charge in [-0.1, -0.05) is 0 Å². The fraction of sp³-hybridized carbons (Fsp3) is 0.385. The van der Waals surface area contributed by atoms with Gasteiger partial charge in [-0.25, -0.2) is 4.79 Å². The second kappa shape index (κ2) is 6.48. The first-order chi connectivity index (χ1) is 9.19. The van der Waals surface area contributed by atoms with E-state index in [-0.39, 0.29) is 6.10 Å². The predicted octanol–water partition coefficient (Wildman–Crippen LogP) is 1.57. The topological polar surface area (TPSA) is 73.6 Å². The van der Waals surface area contributed by atoms with Crippen LogP contribution >= 0.6 is 11.3 Å². The zero-order chi connectivity index (χ0) is 13.7. The maximum Gasteiger partial charge on any atom is 0.328 e. The number of carbonyl (C=O) groups is 1. The summed E-state index contributed by atoms with van der Waals surface area (Å²) in [4.78, 5) is 13.8. The highest BCUT2D eigenvalue weighted by atomic mass is 32.1. The van der Waals surface area contributed by atoms with Crippen LogP contribution in [0, 0.1) is 11.3 Å². The normalized spacial score (nSPS) is 20.5. The SMILES string of the molecule is N#CC1CN(Cc2sccc2C=CC(=O)O)CCO1. The number of hydrogen-bond donors (Lipinski definition) is 1. The van der Waals surface area contributed by atoms with Gasteiger partial charge in [0.05, 0.1) is 12.7 Å². The summed E-state index contributed by atoms with van der Waals surface area (Å²) in [6.45, 7) is 2.66. The second-order valence-electron chi connectivity index (χ2n) is 4.19. The summed E-state index contributed by atoms with van der Waals surface area (Å²) < 4.78 is 5.29. The van der Waals surface area contributed by atoms with E-state index in [9.17, 15) is 4.79 Å². The third kappa shape index (κ3) is 3.89. The zero-order valence-corrected chi connectivity index (χ0v) is 11.1. The van der Waals surface area contributed by atoms with E-state index in [2.05, 4.69) is 11.0 Å². The minimum absolute atomic E-state index is 0.369. The van der Waals surface area contributed by atoms with Crippen molar-refractivity contribution in [3.05, 3.63) is 28.0 Å². The van der Waals surface area contributed by atoms with Crippen LogP contribution in [0.1, 0.15) is 10.4 Å². The molecular formula is C13H14N2O3S. The molecule has 0 saturated carbocycles. The molecule has 0 spiro atoms. The van der Waals surface area contributed by atoms with Gasteiger partial charge in [-0.05, 0) is 23.1 Å². The Morgan fingerprint density at radius 2 is 2.58 bits per heavy atom. The molecule has 1 atom stereocenters. The number of aliphatic carboxylic acids is 1. The van der Waals surface area contributed by atoms with E-state index in [0.29, 0.717) is 13.2 Å². The Morgan fingerprint density at radius 3 is 3.32 bits per heavy atom. The maximum absolute atomic E-state index is 10.5. The lowest BCUT2D eigenvalue weighted by atomic mass is 10.2. The van der Waals surface area contributed by atoms with Crippen molar-refractivity contribution in [1.82, 2.24) is 4.90 Å². The van der Waals surface area contributed by atoms with Crippen molar-refractivity contribution in [1.29, 1.82) is 5.26 Å². The van der Waals surface area contributed by atoms with Crippen LogP contribution in [0.2, 0.25) is 0 Å². The Kier molecular flexibility index (Phi) is 4.68. The van der Waals surface area contributed by atoms with Crippen molar-refractivity contribution in [3.8, 4) is 6.07 Å². The Bertz CT molecular complexity index is 518. The first-order valence-electron chi connectivity index (χ1n) is 5.90. The number of rotatable bonds is 4. The molecule has 1 unspecified atom stereocenters. The monoisotopic (exact) mass is 278 g/mol. The summed E-state index contributed by atoms with van der Waals surface area (Å²) >= 11 is 1.59. The fourth-order valence-corrected chi connectivity index (χ4v) is 2.82. The van der Waals surface area contributed by atoms with E-state index in [1.165, 1.54) is 0 Å². The Hall–Kier alpha value is -1.68. The second-order valence-corrected chi connectivity index (χ2v) is 5.20. The zero-order valence-electron chi connectivity index (χ0n) is 10.3. The van der Waals surface area contributed by atoms with E-state index < -0.39 is 5.97 Å². The number of carboxylic acids is 1. The lowest BCUT2D eigenvalue weighted by molar-refractivity contribution is -0.131. The summed E-state index contributed by atoms with van der Waals surface area (Å²) in [5.74, 6) is -0.951. The van der Waals surface area contributed by atoms with Crippen LogP contribution in [0.15, 0.2) is 17.5 Å². The van der Waals surface area contributed by atoms with Crippen molar-refractivity contribution in [2.75, 3.05) is 19.7 Å². The molecule has 1 aromatic heterocycles. The molecule has 19 heavy (non-hydrogen) atoms. The third-order valence-corrected chi connectivity index (χ3v) is 3.77. The number of carboxylic acid groups (broad SMARTS) is 1. The molecule has 1 N–H and O–H groups in total. The quantitative estimate of drug-likeness (QED) is 0.846. The molecule has 1 aromatic rings. The number of nitrogens with zero attached hydrogens (tertiary/aromatic N) is 2. The number of hydrogen-bond acceptors (Lipinski definition) is 5. The van der Waals surface area contributed by atoms with Crippen molar-refractivity contribution < 1.29 is 14.6 Å². The van der Waals surface area contributed by atoms with Crippen LogP contribution in [0.3, 0.4) is 0 Å². The van der Waals surface area contributed by atoms with E-state index in [1.54, 1.807) is 17.4 Å². The molecule has 1 fully saturated rings. The molecule has 1 aliphatic rings. The summed E-state index contributed by atoms with van der Waals surface area (Å²) in [5, 5.41) is 19.4. The van der Waals surface area contributed by atoms with Crippen LogP contribution in [0.25, 0.3) is 6.08 Å². The number of thiophene rings is 1. The molecule has 2 heterocycles. The van der Waals surface area contributed by atoms with Gasteiger partial charge in [0.1, 0.15) is 0 Å². The molecule has 6 heteroatoms. The van der Waals surface area contributed by atoms with Crippen molar-refractivity contribution in [3.63, 3.8) is 0 Å². The first kappa shape index (κ1) is 13.7. The Morgan fingerprint density at radius 1 is 1.74 bits per heavy atom. The molecule has 1 saturated heterocycles. The summed E-state index contributed by atoms with van der Waals surface area (Å²) in [5.41, 5.74) is 0.924. The van der Waals surface area contributed by atoms with Crippen molar-refractivity contribution in [2.24, 2.45) is 0 Å². The molecule has 0 amide bonds. The minimum Gasteiger partial charge on any atom is -0.478 e. The first-order valence-corrected chi connectivity index (χ1v) is 6.78. The highest BCUT2D eigenvalue weighted by molar-refractivity contribution is 7.10. The average Bonchev–Trinajstić information content (AvgIpc) is 2.84. The smallest absolute Gasteiger partial charge is 0.328 e. The Labute approximate surface area is 115 Å². The summed E-state index contributed by atoms with van der Waals surface area (Å²) in [6, 6.07) is 4.02. The van der Waals surface area contributed by atoms with Gasteiger partial charge < -0.3 is 9.84 Å². The van der Waals surface area contributed by atoms with E-state index in [0.717, 1.165) is 29.6 Å². The molecular weight excluding hydrogens is 264 g/mol. The van der Waals surface area contributed by atoms with Crippen molar-refractivity contribution in [2.45, 2.75) is 12.6 Å². The van der Waals surface area contributed by atoms with Crippen LogP contribution in [0.4, 0.5) is 0 Å². The lowest BCUT2D eigenvalue weighted by Gasteiger charge is -2.29. The number of morpholine rings is 1. The Balaban J connectivity index is 2.01. The van der Waals surface area contributed by atoms with Gasteiger partial charge in [-0.3, -0.25) is 4.90 Å². The molecule has 1 aliphatic heterocycles. The predicted molar refractivity (Wildman–Crippen MR) is 71.6 cm³/mol. The van der Waals surface area contributed by atoms with Crippen LogP contribution in [-0.4, -0.2) is 41.8 Å². The van der Waals surface area contributed by atoms with E-state index in [4.69, 9.17) is 15.1 Å². The van der Waals surface area contributed by atoms with Crippen LogP contribution in [-0.2, 0) is 16.1 Å². The third-order valence-electron chi connectivity index (χ3n) is 2.85. The van der Waals surface area contributed by atoms with Crippen molar-refractivity contribution >= 4 is 23.4 Å². The molecule has 5 nitrogen and oxygen atoms in total. The van der Waals surface area contributed by atoms with Gasteiger partial charge in [-0.15, -0.1) is 11.3 Å². The van der Waals surface area contributed by atoms with Gasteiger partial charge in [0.2, 0.25) is 0 Å². The lowest BCUT2D eigenvalue weighted by Crippen LogP contribution is -2.41. The van der Waals surface area contributed by atoms with E-state index in [1.807, 2.05) is 11.4 Å². The molecule has 0 bridgehead atoms. The standard InChI is InChI=1S/C13H14N2O3S/c14-7-11-8-15(4-5-18-11)9-12-10(3-6-19-12)1-2-13(16)17/h1-3,6,11H,4-5,8-9H2,(H,16,17). The summed E-state index contributed by atoms with van der Waals surface area (Å²) in [7, 11) is 0.